The van der Waals surface area contributed by atoms with Gasteiger partial charge in [-0.2, -0.15) is 22.6 Å². The number of hydrogen-bond acceptors (Lipinski definition) is 22. The molecule has 114 heavy (non-hydrogen) atoms. The van der Waals surface area contributed by atoms with Gasteiger partial charge in [-0.1, -0.05) is 140 Å². The molecule has 5 N–H and O–H groups in total. The summed E-state index contributed by atoms with van der Waals surface area (Å²) >= 11 is 37.6. The second-order valence-corrected chi connectivity index (χ2v) is 36.3. The van der Waals surface area contributed by atoms with Gasteiger partial charge in [0.15, 0.2) is 66.1 Å². The number of aromatic nitrogens is 17. The van der Waals surface area contributed by atoms with Crippen LogP contribution in [0, 0.1) is 0 Å². The lowest BCUT2D eigenvalue weighted by Crippen LogP contribution is -2.40. The molecule has 0 bridgehead atoms. The molecule has 0 amide bonds. The van der Waals surface area contributed by atoms with Crippen molar-refractivity contribution in [2.24, 2.45) is 33.9 Å². The van der Waals surface area contributed by atoms with Crippen molar-refractivity contribution in [3.63, 3.8) is 0 Å². The number of carbonyl (C=O) groups excluding carboxylic acids is 1. The van der Waals surface area contributed by atoms with Crippen LogP contribution in [0.2, 0.25) is 20.1 Å². The van der Waals surface area contributed by atoms with Gasteiger partial charge in [-0.25, -0.2) is 46.0 Å². The minimum atomic E-state index is -3.87. The molecule has 0 aliphatic carbocycles. The first-order chi connectivity index (χ1) is 53.6. The molecule has 0 atom stereocenters. The van der Waals surface area contributed by atoms with Crippen molar-refractivity contribution in [2.45, 2.75) is 125 Å². The number of rotatable bonds is 18. The Hall–Kier alpha value is -9.57. The van der Waals surface area contributed by atoms with E-state index >= 15 is 0 Å². The van der Waals surface area contributed by atoms with E-state index in [1.165, 1.54) is 84.6 Å². The van der Waals surface area contributed by atoms with Gasteiger partial charge in [0, 0.05) is 59.6 Å². The van der Waals surface area contributed by atoms with Crippen molar-refractivity contribution in [1.82, 2.24) is 81.1 Å². The number of hydrogen-bond donors (Lipinski definition) is 5. The van der Waals surface area contributed by atoms with E-state index < -0.39 is 75.2 Å². The third-order valence-corrected chi connectivity index (χ3v) is 23.4. The van der Waals surface area contributed by atoms with Gasteiger partial charge in [0.25, 0.3) is 22.2 Å². The zero-order valence-electron chi connectivity index (χ0n) is 63.1. The van der Waals surface area contributed by atoms with Crippen molar-refractivity contribution in [3.8, 4) is 0 Å². The van der Waals surface area contributed by atoms with E-state index in [9.17, 15) is 60.0 Å². The lowest BCUT2D eigenvalue weighted by Gasteiger charge is -2.12. The fourth-order valence-electron chi connectivity index (χ4n) is 10.6. The van der Waals surface area contributed by atoms with Gasteiger partial charge < -0.3 is 28.5 Å². The van der Waals surface area contributed by atoms with Crippen molar-refractivity contribution >= 4 is 168 Å². The predicted octanol–water partition coefficient (Wildman–Crippen LogP) is 9.23. The number of sulfone groups is 2. The molecule has 13 aromatic rings. The number of halogens is 6. The highest BCUT2D eigenvalue weighted by Gasteiger charge is 2.32. The van der Waals surface area contributed by atoms with E-state index in [2.05, 4.69) is 82.5 Å². The largest absolute Gasteiger partial charge is 0.404 e. The number of benzene rings is 4. The van der Waals surface area contributed by atoms with Crippen LogP contribution in [-0.4, -0.2) is 131 Å². The highest BCUT2D eigenvalue weighted by Crippen LogP contribution is 2.29. The molecule has 42 heteroatoms. The summed E-state index contributed by atoms with van der Waals surface area (Å²) in [5, 5.41) is 5.45. The molecular weight excluding hydrogens is 1730 g/mol. The Balaban J connectivity index is 0.000000183. The van der Waals surface area contributed by atoms with Crippen LogP contribution >= 0.6 is 98.3 Å². The number of fused-ring (bicyclic) bond motifs is 4. The summed E-state index contributed by atoms with van der Waals surface area (Å²) < 4.78 is 69.4. The van der Waals surface area contributed by atoms with Crippen LogP contribution in [0.3, 0.4) is 0 Å². The molecule has 32 nitrogen and oxygen atoms in total. The molecule has 9 aromatic heterocycles. The minimum absolute atomic E-state index is 0.000732. The minimum Gasteiger partial charge on any atom is -0.404 e. The van der Waals surface area contributed by atoms with Crippen molar-refractivity contribution in [1.29, 1.82) is 0 Å². The van der Waals surface area contributed by atoms with Crippen LogP contribution in [0.25, 0.3) is 44.7 Å². The second kappa shape index (κ2) is 38.7. The molecule has 0 saturated heterocycles. The van der Waals surface area contributed by atoms with Crippen LogP contribution in [-0.2, 0) is 85.4 Å². The van der Waals surface area contributed by atoms with Gasteiger partial charge in [0.2, 0.25) is 30.0 Å². The number of nitrogens with one attached hydrogen (secondary N) is 3. The van der Waals surface area contributed by atoms with Gasteiger partial charge in [-0.15, -0.1) is 11.6 Å². The zero-order valence-corrected chi connectivity index (χ0v) is 71.8. The SMILES string of the molecule is CC(C)S.CC(C)S(=O)(=O)c1nc2c(c(=O)[nH]c(=O)n2C)n1Cc1ccc(Cl)cc1.CC(C)S(=O)(=O)c1nc2c(c(=O)n(Cc3ccno3)c(=O)n2C)n1Cc1ccc(Cl)cc1.CC(C)Sc1nc2c(c(=O)[nH]c(=O)n2C)n1Cc1ccc(Cl)cc1.Cn1c(=O)[nH]c(=O)c2c1nc(Br)n2Cc1ccc(Cl)cc1.NC=CC(=O)CCl. The molecule has 0 fully saturated rings. The zero-order chi connectivity index (χ0) is 84.3. The summed E-state index contributed by atoms with van der Waals surface area (Å²) in [4.78, 5) is 132. The predicted molar refractivity (Wildman–Crippen MR) is 450 cm³/mol. The highest BCUT2D eigenvalue weighted by molar-refractivity contribution is 9.10. The summed E-state index contributed by atoms with van der Waals surface area (Å²) in [6.45, 7) is 15.2. The summed E-state index contributed by atoms with van der Waals surface area (Å²) in [5.41, 5.74) is 5.26. The molecule has 9 heterocycles. The van der Waals surface area contributed by atoms with E-state index in [1.54, 1.807) is 91.1 Å². The first-order valence-corrected chi connectivity index (χ1v) is 41.6. The molecule has 4 aromatic carbocycles. The van der Waals surface area contributed by atoms with Crippen LogP contribution in [0.5, 0.6) is 0 Å². The van der Waals surface area contributed by atoms with E-state index in [-0.39, 0.29) is 63.9 Å². The number of H-pyrrole nitrogens is 3. The highest BCUT2D eigenvalue weighted by atomic mass is 79.9. The molecule has 0 unspecified atom stereocenters. The van der Waals surface area contributed by atoms with E-state index in [0.717, 1.165) is 30.4 Å². The Labute approximate surface area is 692 Å². The standard InChI is InChI=1S/C20H20ClN5O5S.C16H17ClN4O4S.C16H17ClN4O2S.C13H10BrClN4O2.C4H6ClNO.C3H8S/c1-12(2)32(29,30)19-23-17-16(25(19)10-13-4-6-14(21)7-5-13)18(27)26(20(28)24(17)3)11-15-8-9-22-31-15;1-9(2)26(24,25)16-18-13-12(14(22)19-15(23)20(13)3)21(16)8-10-4-6-11(17)7-5-10;1-9(2)24-16-18-13-12(14(22)19-15(23)20(13)3)21(16)8-10-4-6-11(17)7-5-10;1-18-10-9(11(20)17-13(18)21)19(12(14)16-10)6-7-2-4-8(15)5-3-7;5-3-4(7)1-2-6;1-3(2)4/h4-9,12H,10-11H2,1-3H3;4-7,9H,8H2,1-3H3,(H,19,22,23);4-7,9H,8H2,1-3H3,(H,19,22,23);2-5H,6H2,1H3,(H,17,20,21);1-2H,3,6H2;3-4H,1-2H3. The molecular formula is C72H78BrCl5N18O14S4. The van der Waals surface area contributed by atoms with Crippen LogP contribution in [0.4, 0.5) is 0 Å². The fraction of sp³-hybridized carbons (Fsp3) is 0.306. The maximum absolute atomic E-state index is 13.4. The number of aromatic amines is 3. The topological polar surface area (TPSA) is 417 Å². The lowest BCUT2D eigenvalue weighted by atomic mass is 10.2. The fourth-order valence-corrected chi connectivity index (χ4v) is 14.7. The smallest absolute Gasteiger partial charge is 0.332 e. The summed E-state index contributed by atoms with van der Waals surface area (Å²) in [5.74, 6) is 0.153. The number of thioether (sulfide) groups is 1. The number of aryl methyl sites for hydroxylation is 4. The number of allylic oxidation sites excluding steroid dienone is 1. The van der Waals surface area contributed by atoms with Gasteiger partial charge in [-0.3, -0.25) is 61.8 Å². The van der Waals surface area contributed by atoms with Crippen LogP contribution in [0.1, 0.15) is 83.4 Å². The van der Waals surface area contributed by atoms with Gasteiger partial charge >= 0.3 is 22.8 Å². The Kier molecular flexibility index (Phi) is 30.6. The maximum Gasteiger partial charge on any atom is 0.332 e. The Bertz CT molecular complexity index is 6460. The number of nitrogens with two attached hydrogens (primary N) is 1. The van der Waals surface area contributed by atoms with Crippen LogP contribution < -0.4 is 50.7 Å². The number of thiol groups is 1. The monoisotopic (exact) mass is 1800 g/mol. The van der Waals surface area contributed by atoms with Gasteiger partial charge in [-0.05, 0) is 132 Å². The van der Waals surface area contributed by atoms with Crippen molar-refractivity contribution in [3.05, 3.63) is 258 Å². The van der Waals surface area contributed by atoms with E-state index in [1.807, 2.05) is 54.8 Å². The van der Waals surface area contributed by atoms with E-state index in [4.69, 9.17) is 68.3 Å². The first kappa shape index (κ1) is 90.0. The molecule has 0 spiro atoms. The molecule has 0 aliphatic rings. The number of carbonyl (C=O) groups is 1. The number of alkyl halides is 1. The maximum atomic E-state index is 13.4. The first-order valence-electron chi connectivity index (χ1n) is 34.2. The Morgan fingerprint density at radius 1 is 0.509 bits per heavy atom. The van der Waals surface area contributed by atoms with Crippen molar-refractivity contribution < 1.29 is 26.2 Å². The third kappa shape index (κ3) is 21.3. The molecule has 0 saturated carbocycles. The quantitative estimate of drug-likeness (QED) is 0.0175. The Morgan fingerprint density at radius 2 is 0.851 bits per heavy atom. The van der Waals surface area contributed by atoms with E-state index in [0.29, 0.717) is 87.2 Å². The number of imidazole rings is 4. The lowest BCUT2D eigenvalue weighted by molar-refractivity contribution is -0.112. The second-order valence-electron chi connectivity index (χ2n) is 26.2. The molecule has 606 valence electrons. The number of ketones is 1. The summed E-state index contributed by atoms with van der Waals surface area (Å²) in [7, 11) is -1.64. The number of nitrogens with zero attached hydrogens (tertiary/aromatic N) is 14. The Morgan fingerprint density at radius 3 is 1.20 bits per heavy atom. The third-order valence-electron chi connectivity index (χ3n) is 16.4. The molecule has 0 aliphatic heterocycles. The van der Waals surface area contributed by atoms with Gasteiger partial charge in [0.05, 0.1) is 55.3 Å². The molecule has 0 radical (unpaired) electrons. The normalized spacial score (nSPS) is 11.6. The summed E-state index contributed by atoms with van der Waals surface area (Å²) in [6.07, 6.45) is 3.80. The van der Waals surface area contributed by atoms with Crippen molar-refractivity contribution in [2.75, 3.05) is 5.88 Å². The van der Waals surface area contributed by atoms with Gasteiger partial charge in [0.1, 0.15) is 0 Å². The van der Waals surface area contributed by atoms with Crippen LogP contribution in [0.15, 0.2) is 185 Å². The molecule has 13 rings (SSSR count). The average Bonchev–Trinajstić information content (AvgIpc) is 1.59. The average molecular weight is 1800 g/mol. The summed E-state index contributed by atoms with van der Waals surface area (Å²) in [6, 6.07) is 29.9.